The molecule has 5 nitrogen and oxygen atoms in total. The molecule has 21 heavy (non-hydrogen) atoms. The molecule has 0 aliphatic carbocycles. The van der Waals surface area contributed by atoms with Gasteiger partial charge in [0.15, 0.2) is 0 Å². The lowest BCUT2D eigenvalue weighted by Gasteiger charge is -2.38. The van der Waals surface area contributed by atoms with E-state index in [-0.39, 0.29) is 5.91 Å². The van der Waals surface area contributed by atoms with Crippen molar-refractivity contribution in [2.45, 2.75) is 50.2 Å². The van der Waals surface area contributed by atoms with Crippen LogP contribution in [0.2, 0.25) is 0 Å². The van der Waals surface area contributed by atoms with Crippen molar-refractivity contribution < 1.29 is 4.79 Å². The minimum atomic E-state index is 0.285. The zero-order valence-corrected chi connectivity index (χ0v) is 12.6. The molecule has 4 rings (SSSR count). The average molecular weight is 302 g/mol. The number of piperidine rings is 1. The lowest BCUT2D eigenvalue weighted by atomic mass is 9.97. The smallest absolute Gasteiger partial charge is 0.227 e. The van der Waals surface area contributed by atoms with Crippen LogP contribution in [-0.4, -0.2) is 37.9 Å². The molecular formula is C15H18N4OS. The van der Waals surface area contributed by atoms with Crippen LogP contribution in [0.5, 0.6) is 0 Å². The Morgan fingerprint density at radius 3 is 2.52 bits per heavy atom. The summed E-state index contributed by atoms with van der Waals surface area (Å²) in [7, 11) is 0. The van der Waals surface area contributed by atoms with E-state index < -0.39 is 0 Å². The number of rotatable bonds is 3. The summed E-state index contributed by atoms with van der Waals surface area (Å²) in [6.07, 6.45) is 8.23. The standard InChI is InChI=1S/C15H18N4OS/c20-15(7-11-3-6-21-10-11)18-12-1-2-13(18)9-14(8-12)19-16-4-5-17-19/h3-6,10,12-14H,1-2,7-9H2. The summed E-state index contributed by atoms with van der Waals surface area (Å²) in [6, 6.07) is 3.13. The summed E-state index contributed by atoms with van der Waals surface area (Å²) in [6.45, 7) is 0. The van der Waals surface area contributed by atoms with Gasteiger partial charge in [-0.25, -0.2) is 0 Å². The molecule has 0 spiro atoms. The van der Waals surface area contributed by atoms with Crippen LogP contribution in [0.4, 0.5) is 0 Å². The minimum Gasteiger partial charge on any atom is -0.336 e. The van der Waals surface area contributed by atoms with Crippen LogP contribution in [0.25, 0.3) is 0 Å². The molecule has 2 atom stereocenters. The van der Waals surface area contributed by atoms with Gasteiger partial charge in [0.1, 0.15) is 0 Å². The highest BCUT2D eigenvalue weighted by molar-refractivity contribution is 7.07. The number of hydrogen-bond donors (Lipinski definition) is 0. The Balaban J connectivity index is 1.48. The quantitative estimate of drug-likeness (QED) is 0.874. The highest BCUT2D eigenvalue weighted by Crippen LogP contribution is 2.40. The van der Waals surface area contributed by atoms with E-state index in [0.29, 0.717) is 24.5 Å². The van der Waals surface area contributed by atoms with Crippen LogP contribution in [0, 0.1) is 0 Å². The highest BCUT2D eigenvalue weighted by atomic mass is 32.1. The lowest BCUT2D eigenvalue weighted by molar-refractivity contribution is -0.135. The van der Waals surface area contributed by atoms with E-state index in [1.54, 1.807) is 23.7 Å². The fourth-order valence-corrected chi connectivity index (χ4v) is 4.49. The van der Waals surface area contributed by atoms with Crippen LogP contribution >= 0.6 is 11.3 Å². The first-order valence-electron chi connectivity index (χ1n) is 7.49. The van der Waals surface area contributed by atoms with Gasteiger partial charge in [-0.05, 0) is 48.1 Å². The number of carbonyl (C=O) groups excluding carboxylic acids is 1. The Morgan fingerprint density at radius 1 is 1.19 bits per heavy atom. The van der Waals surface area contributed by atoms with Crippen molar-refractivity contribution in [3.05, 3.63) is 34.8 Å². The first kappa shape index (κ1) is 13.0. The topological polar surface area (TPSA) is 51.0 Å². The van der Waals surface area contributed by atoms with Gasteiger partial charge in [0.25, 0.3) is 0 Å². The largest absolute Gasteiger partial charge is 0.336 e. The minimum absolute atomic E-state index is 0.285. The molecule has 4 heterocycles. The predicted octanol–water partition coefficient (Wildman–Crippen LogP) is 2.28. The monoisotopic (exact) mass is 302 g/mol. The molecule has 0 aromatic carbocycles. The molecule has 110 valence electrons. The fraction of sp³-hybridized carbons (Fsp3) is 0.533. The fourth-order valence-electron chi connectivity index (χ4n) is 3.82. The summed E-state index contributed by atoms with van der Waals surface area (Å²) >= 11 is 1.65. The van der Waals surface area contributed by atoms with E-state index in [2.05, 4.69) is 20.5 Å². The maximum Gasteiger partial charge on any atom is 0.227 e. The van der Waals surface area contributed by atoms with Gasteiger partial charge >= 0.3 is 0 Å². The Labute approximate surface area is 127 Å². The molecule has 2 aromatic rings. The normalized spacial score (nSPS) is 28.0. The van der Waals surface area contributed by atoms with Gasteiger partial charge in [0.05, 0.1) is 24.9 Å². The van der Waals surface area contributed by atoms with E-state index >= 15 is 0 Å². The van der Waals surface area contributed by atoms with E-state index in [0.717, 1.165) is 31.2 Å². The van der Waals surface area contributed by atoms with Crippen molar-refractivity contribution >= 4 is 17.2 Å². The highest BCUT2D eigenvalue weighted by Gasteiger charge is 2.43. The maximum absolute atomic E-state index is 12.6. The Kier molecular flexibility index (Phi) is 3.25. The number of aromatic nitrogens is 3. The van der Waals surface area contributed by atoms with Crippen LogP contribution in [-0.2, 0) is 11.2 Å². The zero-order chi connectivity index (χ0) is 14.2. The molecule has 0 radical (unpaired) electrons. The van der Waals surface area contributed by atoms with Crippen molar-refractivity contribution in [3.63, 3.8) is 0 Å². The molecule has 2 aliphatic heterocycles. The van der Waals surface area contributed by atoms with Crippen molar-refractivity contribution in [2.75, 3.05) is 0 Å². The van der Waals surface area contributed by atoms with E-state index in [1.165, 1.54) is 0 Å². The Hall–Kier alpha value is -1.69. The van der Waals surface area contributed by atoms with Gasteiger partial charge < -0.3 is 4.90 Å². The van der Waals surface area contributed by atoms with Crippen molar-refractivity contribution in [1.29, 1.82) is 0 Å². The van der Waals surface area contributed by atoms with Gasteiger partial charge in [-0.3, -0.25) is 4.79 Å². The molecule has 2 fully saturated rings. The lowest BCUT2D eigenvalue weighted by Crippen LogP contribution is -2.47. The number of carbonyl (C=O) groups is 1. The zero-order valence-electron chi connectivity index (χ0n) is 11.8. The van der Waals surface area contributed by atoms with E-state index in [1.807, 2.05) is 16.2 Å². The Bertz CT molecular complexity index is 596. The number of hydrogen-bond acceptors (Lipinski definition) is 4. The van der Waals surface area contributed by atoms with Crippen LogP contribution in [0.15, 0.2) is 29.2 Å². The molecular weight excluding hydrogens is 284 g/mol. The van der Waals surface area contributed by atoms with Gasteiger partial charge in [-0.1, -0.05) is 0 Å². The third-order valence-corrected chi connectivity index (χ3v) is 5.43. The second kappa shape index (κ2) is 5.26. The summed E-state index contributed by atoms with van der Waals surface area (Å²) in [5, 5.41) is 12.6. The van der Waals surface area contributed by atoms with Crippen molar-refractivity contribution in [2.24, 2.45) is 0 Å². The maximum atomic E-state index is 12.6. The van der Waals surface area contributed by atoms with Gasteiger partial charge in [0, 0.05) is 12.1 Å². The van der Waals surface area contributed by atoms with Gasteiger partial charge in [-0.15, -0.1) is 0 Å². The second-order valence-electron chi connectivity index (χ2n) is 5.97. The predicted molar refractivity (Wildman–Crippen MR) is 80.0 cm³/mol. The summed E-state index contributed by atoms with van der Waals surface area (Å²) in [5.41, 5.74) is 1.14. The molecule has 0 N–H and O–H groups in total. The third kappa shape index (κ3) is 2.37. The van der Waals surface area contributed by atoms with Crippen LogP contribution in [0.1, 0.15) is 37.3 Å². The van der Waals surface area contributed by atoms with Crippen molar-refractivity contribution in [1.82, 2.24) is 19.9 Å². The molecule has 2 aromatic heterocycles. The average Bonchev–Trinajstić information content (AvgIpc) is 3.20. The van der Waals surface area contributed by atoms with Crippen LogP contribution < -0.4 is 0 Å². The van der Waals surface area contributed by atoms with Crippen molar-refractivity contribution in [3.8, 4) is 0 Å². The Morgan fingerprint density at radius 2 is 1.90 bits per heavy atom. The summed E-state index contributed by atoms with van der Waals surface area (Å²) < 4.78 is 0. The molecule has 1 amide bonds. The summed E-state index contributed by atoms with van der Waals surface area (Å²) in [4.78, 5) is 16.6. The molecule has 6 heteroatoms. The SMILES string of the molecule is O=C(Cc1ccsc1)N1C2CCC1CC(n1nccn1)C2. The second-order valence-corrected chi connectivity index (χ2v) is 6.75. The van der Waals surface area contributed by atoms with Gasteiger partial charge in [0.2, 0.25) is 5.91 Å². The first-order chi connectivity index (χ1) is 10.3. The molecule has 2 bridgehead atoms. The van der Waals surface area contributed by atoms with E-state index in [9.17, 15) is 4.79 Å². The number of amides is 1. The van der Waals surface area contributed by atoms with Crippen LogP contribution in [0.3, 0.4) is 0 Å². The summed E-state index contributed by atoms with van der Waals surface area (Å²) in [5.74, 6) is 0.285. The molecule has 0 saturated carbocycles. The number of fused-ring (bicyclic) bond motifs is 2. The molecule has 2 aliphatic rings. The first-order valence-corrected chi connectivity index (χ1v) is 8.43. The molecule has 2 unspecified atom stereocenters. The number of nitrogens with zero attached hydrogens (tertiary/aromatic N) is 4. The number of thiophene rings is 1. The third-order valence-electron chi connectivity index (χ3n) is 4.69. The van der Waals surface area contributed by atoms with Gasteiger partial charge in [-0.2, -0.15) is 26.3 Å². The van der Waals surface area contributed by atoms with E-state index in [4.69, 9.17) is 0 Å². The molecule has 2 saturated heterocycles.